The van der Waals surface area contributed by atoms with Crippen LogP contribution in [0.3, 0.4) is 0 Å². The van der Waals surface area contributed by atoms with Gasteiger partial charge in [-0.3, -0.25) is 0 Å². The summed E-state index contributed by atoms with van der Waals surface area (Å²) >= 11 is 0. The molecule has 1 unspecified atom stereocenters. The first kappa shape index (κ1) is 13.1. The van der Waals surface area contributed by atoms with Crippen molar-refractivity contribution in [1.82, 2.24) is 5.32 Å². The molecule has 1 aromatic carbocycles. The lowest BCUT2D eigenvalue weighted by atomic mass is 9.80. The second kappa shape index (κ2) is 6.01. The molecule has 1 N–H and O–H groups in total. The van der Waals surface area contributed by atoms with Gasteiger partial charge in [0.25, 0.3) is 0 Å². The summed E-state index contributed by atoms with van der Waals surface area (Å²) in [6.07, 6.45) is 4.09. The van der Waals surface area contributed by atoms with Crippen LogP contribution in [0.15, 0.2) is 24.3 Å². The van der Waals surface area contributed by atoms with E-state index in [4.69, 9.17) is 0 Å². The molecule has 0 aliphatic heterocycles. The lowest BCUT2D eigenvalue weighted by molar-refractivity contribution is 0.0600. The molecule has 0 aromatic heterocycles. The molecule has 0 heterocycles. The van der Waals surface area contributed by atoms with Crippen molar-refractivity contribution in [2.75, 3.05) is 7.11 Å². The van der Waals surface area contributed by atoms with Crippen molar-refractivity contribution < 1.29 is 9.53 Å². The smallest absolute Gasteiger partial charge is 0.337 e. The third-order valence-corrected chi connectivity index (χ3v) is 3.86. The summed E-state index contributed by atoms with van der Waals surface area (Å²) in [5, 5.41) is 3.55. The molecule has 1 aromatic rings. The molecule has 2 rings (SSSR count). The van der Waals surface area contributed by atoms with Crippen LogP contribution in [0, 0.1) is 5.92 Å². The summed E-state index contributed by atoms with van der Waals surface area (Å²) in [5.74, 6) is 0.566. The van der Waals surface area contributed by atoms with E-state index >= 15 is 0 Å². The van der Waals surface area contributed by atoms with Gasteiger partial charge in [0.05, 0.1) is 12.7 Å². The van der Waals surface area contributed by atoms with Gasteiger partial charge in [0.2, 0.25) is 0 Å². The maximum atomic E-state index is 11.3. The van der Waals surface area contributed by atoms with E-state index in [1.807, 2.05) is 24.3 Å². The Morgan fingerprint density at radius 1 is 1.39 bits per heavy atom. The summed E-state index contributed by atoms with van der Waals surface area (Å²) in [6, 6.07) is 8.17. The topological polar surface area (TPSA) is 38.3 Å². The van der Waals surface area contributed by atoms with Crippen molar-refractivity contribution in [2.45, 2.75) is 38.8 Å². The summed E-state index contributed by atoms with van der Waals surface area (Å²) in [4.78, 5) is 11.3. The molecular formula is C15H21NO2. The molecule has 18 heavy (non-hydrogen) atoms. The minimum absolute atomic E-state index is 0.280. The fourth-order valence-electron chi connectivity index (χ4n) is 2.26. The van der Waals surface area contributed by atoms with E-state index in [1.165, 1.54) is 31.9 Å². The van der Waals surface area contributed by atoms with Crippen LogP contribution < -0.4 is 5.32 Å². The minimum atomic E-state index is -0.280. The Morgan fingerprint density at radius 2 is 2.06 bits per heavy atom. The van der Waals surface area contributed by atoms with Crippen LogP contribution in [-0.4, -0.2) is 19.1 Å². The first-order valence-electron chi connectivity index (χ1n) is 6.61. The molecule has 1 aliphatic rings. The number of benzene rings is 1. The van der Waals surface area contributed by atoms with E-state index in [-0.39, 0.29) is 5.97 Å². The van der Waals surface area contributed by atoms with Crippen molar-refractivity contribution in [2.24, 2.45) is 5.92 Å². The van der Waals surface area contributed by atoms with Gasteiger partial charge < -0.3 is 10.1 Å². The van der Waals surface area contributed by atoms with Gasteiger partial charge in [-0.2, -0.15) is 0 Å². The van der Waals surface area contributed by atoms with Gasteiger partial charge in [-0.15, -0.1) is 0 Å². The number of nitrogens with one attached hydrogen (secondary N) is 1. The SMILES string of the molecule is COC(=O)c1ccc(CNC(C)C2CCC2)cc1. The van der Waals surface area contributed by atoms with Gasteiger partial charge >= 0.3 is 5.97 Å². The van der Waals surface area contributed by atoms with Crippen LogP contribution in [0.4, 0.5) is 0 Å². The second-order valence-corrected chi connectivity index (χ2v) is 5.05. The number of esters is 1. The predicted molar refractivity (Wildman–Crippen MR) is 71.4 cm³/mol. The number of ether oxygens (including phenoxy) is 1. The Balaban J connectivity index is 1.84. The molecule has 0 saturated heterocycles. The zero-order valence-corrected chi connectivity index (χ0v) is 11.1. The fraction of sp³-hybridized carbons (Fsp3) is 0.533. The Kier molecular flexibility index (Phi) is 4.37. The summed E-state index contributed by atoms with van der Waals surface area (Å²) in [6.45, 7) is 3.12. The highest BCUT2D eigenvalue weighted by molar-refractivity contribution is 5.89. The lowest BCUT2D eigenvalue weighted by Crippen LogP contribution is -2.36. The molecule has 0 bridgehead atoms. The molecule has 98 valence electrons. The Labute approximate surface area is 109 Å². The number of carbonyl (C=O) groups excluding carboxylic acids is 1. The van der Waals surface area contributed by atoms with Crippen LogP contribution >= 0.6 is 0 Å². The molecule has 1 atom stereocenters. The van der Waals surface area contributed by atoms with Crippen LogP contribution in [0.5, 0.6) is 0 Å². The highest BCUT2D eigenvalue weighted by Gasteiger charge is 2.23. The summed E-state index contributed by atoms with van der Waals surface area (Å²) in [7, 11) is 1.40. The predicted octanol–water partition coefficient (Wildman–Crippen LogP) is 2.75. The van der Waals surface area contributed by atoms with Gasteiger partial charge in [-0.1, -0.05) is 18.6 Å². The van der Waals surface area contributed by atoms with Crippen LogP contribution in [0.1, 0.15) is 42.1 Å². The number of methoxy groups -OCH3 is 1. The minimum Gasteiger partial charge on any atom is -0.465 e. The van der Waals surface area contributed by atoms with Gasteiger partial charge in [0.1, 0.15) is 0 Å². The molecule has 1 saturated carbocycles. The normalized spacial score (nSPS) is 17.0. The van der Waals surface area contributed by atoms with Crippen molar-refractivity contribution in [1.29, 1.82) is 0 Å². The van der Waals surface area contributed by atoms with Crippen molar-refractivity contribution in [3.63, 3.8) is 0 Å². The van der Waals surface area contributed by atoms with Gasteiger partial charge in [-0.25, -0.2) is 4.79 Å². The zero-order chi connectivity index (χ0) is 13.0. The van der Waals surface area contributed by atoms with E-state index in [1.54, 1.807) is 0 Å². The van der Waals surface area contributed by atoms with E-state index in [0.717, 1.165) is 12.5 Å². The Morgan fingerprint density at radius 3 is 2.56 bits per heavy atom. The molecule has 3 heteroatoms. The average Bonchev–Trinajstić information content (AvgIpc) is 2.34. The number of rotatable bonds is 5. The molecular weight excluding hydrogens is 226 g/mol. The first-order valence-corrected chi connectivity index (χ1v) is 6.61. The van der Waals surface area contributed by atoms with Crippen LogP contribution in [-0.2, 0) is 11.3 Å². The molecule has 3 nitrogen and oxygen atoms in total. The summed E-state index contributed by atoms with van der Waals surface area (Å²) in [5.41, 5.74) is 1.81. The van der Waals surface area contributed by atoms with E-state index in [9.17, 15) is 4.79 Å². The van der Waals surface area contributed by atoms with Crippen molar-refractivity contribution in [3.05, 3.63) is 35.4 Å². The maximum absolute atomic E-state index is 11.3. The average molecular weight is 247 g/mol. The Hall–Kier alpha value is -1.35. The number of carbonyl (C=O) groups is 1. The lowest BCUT2D eigenvalue weighted by Gasteiger charge is -2.32. The van der Waals surface area contributed by atoms with Gasteiger partial charge in [0.15, 0.2) is 0 Å². The van der Waals surface area contributed by atoms with E-state index in [0.29, 0.717) is 11.6 Å². The quantitative estimate of drug-likeness (QED) is 0.813. The Bertz CT molecular complexity index is 395. The maximum Gasteiger partial charge on any atom is 0.337 e. The highest BCUT2D eigenvalue weighted by Crippen LogP contribution is 2.29. The molecule has 0 spiro atoms. The first-order chi connectivity index (χ1) is 8.70. The third kappa shape index (κ3) is 3.10. The number of hydrogen-bond donors (Lipinski definition) is 1. The third-order valence-electron chi connectivity index (χ3n) is 3.86. The van der Waals surface area contributed by atoms with E-state index in [2.05, 4.69) is 17.0 Å². The standard InChI is InChI=1S/C15H21NO2/c1-11(13-4-3-5-13)16-10-12-6-8-14(9-7-12)15(17)18-2/h6-9,11,13,16H,3-5,10H2,1-2H3. The van der Waals surface area contributed by atoms with Gasteiger partial charge in [-0.05, 0) is 43.4 Å². The van der Waals surface area contributed by atoms with Crippen molar-refractivity contribution >= 4 is 5.97 Å². The highest BCUT2D eigenvalue weighted by atomic mass is 16.5. The second-order valence-electron chi connectivity index (χ2n) is 5.05. The van der Waals surface area contributed by atoms with Gasteiger partial charge in [0, 0.05) is 12.6 Å². The van der Waals surface area contributed by atoms with Crippen molar-refractivity contribution in [3.8, 4) is 0 Å². The molecule has 1 fully saturated rings. The number of hydrogen-bond acceptors (Lipinski definition) is 3. The monoisotopic (exact) mass is 247 g/mol. The van der Waals surface area contributed by atoms with Crippen LogP contribution in [0.2, 0.25) is 0 Å². The molecule has 0 radical (unpaired) electrons. The van der Waals surface area contributed by atoms with Crippen LogP contribution in [0.25, 0.3) is 0 Å². The fourth-order valence-corrected chi connectivity index (χ4v) is 2.26. The molecule has 1 aliphatic carbocycles. The van der Waals surface area contributed by atoms with E-state index < -0.39 is 0 Å². The zero-order valence-electron chi connectivity index (χ0n) is 11.1. The largest absolute Gasteiger partial charge is 0.465 e. The molecule has 0 amide bonds. The summed E-state index contributed by atoms with van der Waals surface area (Å²) < 4.78 is 4.67.